The van der Waals surface area contributed by atoms with Crippen LogP contribution in [0.5, 0.6) is 5.75 Å². The molecule has 0 spiro atoms. The van der Waals surface area contributed by atoms with Crippen molar-refractivity contribution in [3.63, 3.8) is 0 Å². The van der Waals surface area contributed by atoms with E-state index in [1.807, 2.05) is 44.2 Å². The fourth-order valence-electron chi connectivity index (χ4n) is 2.20. The number of hydrogen-bond donors (Lipinski definition) is 1. The quantitative estimate of drug-likeness (QED) is 0.776. The molecule has 0 saturated heterocycles. The topological polar surface area (TPSA) is 75.8 Å². The number of aromatic nitrogens is 3. The van der Waals surface area contributed by atoms with Crippen LogP contribution in [0.2, 0.25) is 0 Å². The molecule has 3 aromatic rings. The number of nitrogens with zero attached hydrogens (tertiary/aromatic N) is 4. The van der Waals surface area contributed by atoms with Gasteiger partial charge in [-0.3, -0.25) is 0 Å². The highest BCUT2D eigenvalue weighted by Gasteiger charge is 2.09. The second-order valence-electron chi connectivity index (χ2n) is 5.46. The summed E-state index contributed by atoms with van der Waals surface area (Å²) < 4.78 is 7.37. The Labute approximate surface area is 140 Å². The van der Waals surface area contributed by atoms with E-state index in [-0.39, 0.29) is 6.10 Å². The van der Waals surface area contributed by atoms with Crippen molar-refractivity contribution in [3.8, 4) is 17.5 Å². The lowest BCUT2D eigenvalue weighted by Gasteiger charge is -2.12. The molecule has 0 fully saturated rings. The Balaban J connectivity index is 1.82. The average Bonchev–Trinajstić information content (AvgIpc) is 3.04. The number of anilines is 2. The highest BCUT2D eigenvalue weighted by molar-refractivity contribution is 5.60. The number of nitriles is 1. The molecular weight excluding hydrogens is 302 g/mol. The third-order valence-corrected chi connectivity index (χ3v) is 3.23. The zero-order valence-corrected chi connectivity index (χ0v) is 13.5. The lowest BCUT2D eigenvalue weighted by molar-refractivity contribution is 0.242. The maximum atomic E-state index is 9.16. The molecule has 120 valence electrons. The van der Waals surface area contributed by atoms with E-state index in [1.54, 1.807) is 29.2 Å². The van der Waals surface area contributed by atoms with Crippen LogP contribution < -0.4 is 10.1 Å². The van der Waals surface area contributed by atoms with Crippen molar-refractivity contribution in [2.45, 2.75) is 20.0 Å². The molecule has 0 aliphatic rings. The Morgan fingerprint density at radius 2 is 1.96 bits per heavy atom. The second-order valence-corrected chi connectivity index (χ2v) is 5.46. The normalized spacial score (nSPS) is 10.4. The van der Waals surface area contributed by atoms with Gasteiger partial charge in [0, 0.05) is 11.8 Å². The lowest BCUT2D eigenvalue weighted by Crippen LogP contribution is -2.07. The Morgan fingerprint density at radius 3 is 2.67 bits per heavy atom. The van der Waals surface area contributed by atoms with Gasteiger partial charge in [0.2, 0.25) is 5.95 Å². The van der Waals surface area contributed by atoms with Gasteiger partial charge in [-0.1, -0.05) is 18.2 Å². The summed E-state index contributed by atoms with van der Waals surface area (Å²) in [6.45, 7) is 3.84. The minimum absolute atomic E-state index is 0.0113. The molecule has 24 heavy (non-hydrogen) atoms. The molecule has 1 heterocycles. The summed E-state index contributed by atoms with van der Waals surface area (Å²) in [6, 6.07) is 17.2. The fraction of sp³-hybridized carbons (Fsp3) is 0.167. The summed E-state index contributed by atoms with van der Waals surface area (Å²) >= 11 is 0. The van der Waals surface area contributed by atoms with Gasteiger partial charge in [0.15, 0.2) is 0 Å². The highest BCUT2D eigenvalue weighted by atomic mass is 16.5. The zero-order valence-electron chi connectivity index (χ0n) is 13.5. The van der Waals surface area contributed by atoms with Crippen LogP contribution in [-0.4, -0.2) is 20.9 Å². The van der Waals surface area contributed by atoms with E-state index in [9.17, 15) is 0 Å². The molecular formula is C18H17N5O. The van der Waals surface area contributed by atoms with Crippen molar-refractivity contribution in [2.24, 2.45) is 0 Å². The van der Waals surface area contributed by atoms with Crippen LogP contribution in [-0.2, 0) is 0 Å². The third kappa shape index (κ3) is 3.52. The Hall–Kier alpha value is -3.33. The summed E-state index contributed by atoms with van der Waals surface area (Å²) in [6.07, 6.45) is 1.63. The second kappa shape index (κ2) is 6.84. The molecule has 0 radical (unpaired) electrons. The summed E-state index contributed by atoms with van der Waals surface area (Å²) in [5.74, 6) is 1.01. The Morgan fingerprint density at radius 1 is 1.17 bits per heavy atom. The molecule has 0 amide bonds. The molecule has 0 aliphatic heterocycles. The van der Waals surface area contributed by atoms with Crippen molar-refractivity contribution in [3.05, 3.63) is 60.4 Å². The first-order chi connectivity index (χ1) is 11.7. The van der Waals surface area contributed by atoms with Crippen LogP contribution in [0.3, 0.4) is 0 Å². The van der Waals surface area contributed by atoms with E-state index in [0.717, 1.165) is 11.4 Å². The predicted octanol–water partition coefficient (Wildman–Crippen LogP) is 3.67. The molecule has 1 N–H and O–H groups in total. The van der Waals surface area contributed by atoms with Gasteiger partial charge in [-0.05, 0) is 38.1 Å². The Kier molecular flexibility index (Phi) is 4.43. The summed E-state index contributed by atoms with van der Waals surface area (Å²) in [5, 5.41) is 16.7. The first-order valence-electron chi connectivity index (χ1n) is 7.60. The summed E-state index contributed by atoms with van der Waals surface area (Å²) in [4.78, 5) is 4.26. The predicted molar refractivity (Wildman–Crippen MR) is 91.6 cm³/mol. The van der Waals surface area contributed by atoms with Crippen LogP contribution in [0.1, 0.15) is 19.4 Å². The van der Waals surface area contributed by atoms with Crippen LogP contribution in [0.15, 0.2) is 54.9 Å². The smallest absolute Gasteiger partial charge is 0.246 e. The van der Waals surface area contributed by atoms with Crippen LogP contribution >= 0.6 is 0 Å². The minimum atomic E-state index is -0.0113. The van der Waals surface area contributed by atoms with Crippen LogP contribution in [0.25, 0.3) is 5.69 Å². The number of hydrogen-bond acceptors (Lipinski definition) is 5. The SMILES string of the molecule is CC(C)Oc1cc(Nc2ncn(-c3ccccc3)n2)ccc1C#N. The number of nitrogens with one attached hydrogen (secondary N) is 1. The van der Waals surface area contributed by atoms with E-state index in [0.29, 0.717) is 17.3 Å². The number of rotatable bonds is 5. The van der Waals surface area contributed by atoms with Gasteiger partial charge in [-0.2, -0.15) is 10.2 Å². The average molecular weight is 319 g/mol. The van der Waals surface area contributed by atoms with Gasteiger partial charge >= 0.3 is 0 Å². The van der Waals surface area contributed by atoms with E-state index in [2.05, 4.69) is 21.5 Å². The number of benzene rings is 2. The largest absolute Gasteiger partial charge is 0.490 e. The first-order valence-corrected chi connectivity index (χ1v) is 7.60. The zero-order chi connectivity index (χ0) is 16.9. The molecule has 0 saturated carbocycles. The number of para-hydroxylation sites is 1. The van der Waals surface area contributed by atoms with E-state index in [1.165, 1.54) is 0 Å². The van der Waals surface area contributed by atoms with Crippen molar-refractivity contribution in [2.75, 3.05) is 5.32 Å². The molecule has 0 atom stereocenters. The molecule has 2 aromatic carbocycles. The van der Waals surface area contributed by atoms with Crippen molar-refractivity contribution < 1.29 is 4.74 Å². The van der Waals surface area contributed by atoms with E-state index in [4.69, 9.17) is 10.00 Å². The third-order valence-electron chi connectivity index (χ3n) is 3.23. The fourth-order valence-corrected chi connectivity index (χ4v) is 2.20. The monoisotopic (exact) mass is 319 g/mol. The molecule has 3 rings (SSSR count). The molecule has 0 aliphatic carbocycles. The van der Waals surface area contributed by atoms with Gasteiger partial charge in [0.05, 0.1) is 17.4 Å². The first kappa shape index (κ1) is 15.6. The van der Waals surface area contributed by atoms with Crippen molar-refractivity contribution >= 4 is 11.6 Å². The minimum Gasteiger partial charge on any atom is -0.490 e. The molecule has 1 aromatic heterocycles. The summed E-state index contributed by atoms with van der Waals surface area (Å²) in [5.41, 5.74) is 2.19. The molecule has 6 heteroatoms. The van der Waals surface area contributed by atoms with Crippen LogP contribution in [0, 0.1) is 11.3 Å². The van der Waals surface area contributed by atoms with Gasteiger partial charge in [0.25, 0.3) is 0 Å². The molecule has 0 unspecified atom stereocenters. The van der Waals surface area contributed by atoms with Crippen molar-refractivity contribution in [1.82, 2.24) is 14.8 Å². The molecule has 0 bridgehead atoms. The maximum Gasteiger partial charge on any atom is 0.246 e. The van der Waals surface area contributed by atoms with Crippen molar-refractivity contribution in [1.29, 1.82) is 5.26 Å². The van der Waals surface area contributed by atoms with E-state index < -0.39 is 0 Å². The van der Waals surface area contributed by atoms with E-state index >= 15 is 0 Å². The Bertz CT molecular complexity index is 865. The highest BCUT2D eigenvalue weighted by Crippen LogP contribution is 2.25. The van der Waals surface area contributed by atoms with Crippen LogP contribution in [0.4, 0.5) is 11.6 Å². The van der Waals surface area contributed by atoms with Gasteiger partial charge in [-0.15, -0.1) is 5.10 Å². The van der Waals surface area contributed by atoms with Gasteiger partial charge < -0.3 is 10.1 Å². The maximum absolute atomic E-state index is 9.16. The van der Waals surface area contributed by atoms with Gasteiger partial charge in [0.1, 0.15) is 18.1 Å². The molecule has 6 nitrogen and oxygen atoms in total. The number of ether oxygens (including phenoxy) is 1. The van der Waals surface area contributed by atoms with Gasteiger partial charge in [-0.25, -0.2) is 4.68 Å². The lowest BCUT2D eigenvalue weighted by atomic mass is 10.2. The standard InChI is InChI=1S/C18H17N5O/c1-13(2)24-17-10-15(9-8-14(17)11-19)21-18-20-12-23(22-18)16-6-4-3-5-7-16/h3-10,12-13H,1-2H3,(H,21,22). The summed E-state index contributed by atoms with van der Waals surface area (Å²) in [7, 11) is 0.